The van der Waals surface area contributed by atoms with Crippen LogP contribution in [0.3, 0.4) is 0 Å². The van der Waals surface area contributed by atoms with Crippen LogP contribution < -0.4 is 16.0 Å². The molecule has 1 unspecified atom stereocenters. The monoisotopic (exact) mass is 334 g/mol. The van der Waals surface area contributed by atoms with Crippen molar-refractivity contribution in [2.45, 2.75) is 19.4 Å². The highest BCUT2D eigenvalue weighted by Gasteiger charge is 2.15. The van der Waals surface area contributed by atoms with Gasteiger partial charge in [-0.1, -0.05) is 40.2 Å². The molecule has 3 N–H and O–H groups in total. The van der Waals surface area contributed by atoms with Crippen molar-refractivity contribution in [2.75, 3.05) is 7.11 Å². The Balaban J connectivity index is 2.28. The quantitative estimate of drug-likeness (QED) is 0.649. The highest BCUT2D eigenvalue weighted by molar-refractivity contribution is 9.10. The molecule has 20 heavy (non-hydrogen) atoms. The van der Waals surface area contributed by atoms with E-state index in [-0.39, 0.29) is 6.04 Å². The third kappa shape index (κ3) is 3.60. The summed E-state index contributed by atoms with van der Waals surface area (Å²) in [5.74, 6) is 6.60. The van der Waals surface area contributed by atoms with Gasteiger partial charge in [-0.05, 0) is 42.7 Å². The lowest BCUT2D eigenvalue weighted by Crippen LogP contribution is -2.30. The zero-order chi connectivity index (χ0) is 14.5. The van der Waals surface area contributed by atoms with Crippen LogP contribution in [0.1, 0.15) is 22.7 Å². The van der Waals surface area contributed by atoms with Gasteiger partial charge in [0.1, 0.15) is 5.75 Å². The lowest BCUT2D eigenvalue weighted by Gasteiger charge is -2.19. The molecule has 0 fully saturated rings. The third-order valence-electron chi connectivity index (χ3n) is 3.29. The lowest BCUT2D eigenvalue weighted by atomic mass is 9.97. The Bertz CT molecular complexity index is 586. The fourth-order valence-corrected chi connectivity index (χ4v) is 2.71. The van der Waals surface area contributed by atoms with Gasteiger partial charge in [-0.3, -0.25) is 11.3 Å². The topological polar surface area (TPSA) is 47.3 Å². The van der Waals surface area contributed by atoms with E-state index in [1.54, 1.807) is 7.11 Å². The third-order valence-corrected chi connectivity index (χ3v) is 3.79. The van der Waals surface area contributed by atoms with Crippen molar-refractivity contribution in [1.29, 1.82) is 0 Å². The molecule has 2 aromatic carbocycles. The van der Waals surface area contributed by atoms with Crippen molar-refractivity contribution in [3.63, 3.8) is 0 Å². The Morgan fingerprint density at radius 1 is 1.25 bits per heavy atom. The number of benzene rings is 2. The summed E-state index contributed by atoms with van der Waals surface area (Å²) < 4.78 is 6.54. The molecule has 0 aromatic heterocycles. The van der Waals surface area contributed by atoms with E-state index in [1.807, 2.05) is 25.1 Å². The summed E-state index contributed by atoms with van der Waals surface area (Å²) in [5.41, 5.74) is 6.34. The Morgan fingerprint density at radius 2 is 2.05 bits per heavy atom. The Morgan fingerprint density at radius 3 is 2.70 bits per heavy atom. The summed E-state index contributed by atoms with van der Waals surface area (Å²) >= 11 is 3.49. The van der Waals surface area contributed by atoms with Crippen LogP contribution in [0, 0.1) is 6.92 Å². The van der Waals surface area contributed by atoms with Gasteiger partial charge < -0.3 is 4.74 Å². The first-order valence-corrected chi connectivity index (χ1v) is 7.28. The number of methoxy groups -OCH3 is 1. The van der Waals surface area contributed by atoms with Gasteiger partial charge >= 0.3 is 0 Å². The van der Waals surface area contributed by atoms with Crippen LogP contribution in [-0.4, -0.2) is 7.11 Å². The van der Waals surface area contributed by atoms with E-state index < -0.39 is 0 Å². The molecule has 0 bridgehead atoms. The minimum absolute atomic E-state index is 0.0137. The minimum Gasteiger partial charge on any atom is -0.496 e. The number of hydrogen-bond donors (Lipinski definition) is 2. The van der Waals surface area contributed by atoms with Crippen molar-refractivity contribution < 1.29 is 4.74 Å². The van der Waals surface area contributed by atoms with Gasteiger partial charge in [0.2, 0.25) is 0 Å². The summed E-state index contributed by atoms with van der Waals surface area (Å²) in [6.45, 7) is 2.05. The largest absolute Gasteiger partial charge is 0.496 e. The standard InChI is InChI=1S/C16H19BrN2O/c1-11-6-7-14(16(8-11)20-2)15(19-18)10-12-4-3-5-13(17)9-12/h3-9,15,19H,10,18H2,1-2H3. The maximum Gasteiger partial charge on any atom is 0.123 e. The Hall–Kier alpha value is -1.36. The van der Waals surface area contributed by atoms with Crippen LogP contribution in [0.2, 0.25) is 0 Å². The number of nitrogens with one attached hydrogen (secondary N) is 1. The predicted octanol–water partition coefficient (Wildman–Crippen LogP) is 3.51. The Labute approximate surface area is 128 Å². The number of aryl methyl sites for hydroxylation is 1. The fraction of sp³-hybridized carbons (Fsp3) is 0.250. The van der Waals surface area contributed by atoms with Crippen LogP contribution in [0.15, 0.2) is 46.9 Å². The maximum atomic E-state index is 5.74. The average molecular weight is 335 g/mol. The summed E-state index contributed by atoms with van der Waals surface area (Å²) in [5, 5.41) is 0. The molecule has 0 aliphatic carbocycles. The van der Waals surface area contributed by atoms with Gasteiger partial charge in [0.15, 0.2) is 0 Å². The first-order valence-electron chi connectivity index (χ1n) is 6.49. The minimum atomic E-state index is 0.0137. The second-order valence-corrected chi connectivity index (χ2v) is 5.71. The molecule has 0 saturated carbocycles. The molecule has 0 spiro atoms. The van der Waals surface area contributed by atoms with E-state index in [0.717, 1.165) is 22.2 Å². The number of halogens is 1. The van der Waals surface area contributed by atoms with Gasteiger partial charge in [-0.2, -0.15) is 0 Å². The number of hydrazine groups is 1. The molecular formula is C16H19BrN2O. The van der Waals surface area contributed by atoms with E-state index >= 15 is 0 Å². The maximum absolute atomic E-state index is 5.74. The highest BCUT2D eigenvalue weighted by Crippen LogP contribution is 2.28. The summed E-state index contributed by atoms with van der Waals surface area (Å²) in [6, 6.07) is 14.4. The molecule has 2 aromatic rings. The van der Waals surface area contributed by atoms with Crippen molar-refractivity contribution in [1.82, 2.24) is 5.43 Å². The molecule has 106 valence electrons. The van der Waals surface area contributed by atoms with E-state index in [2.05, 4.69) is 45.6 Å². The molecule has 0 aliphatic heterocycles. The molecule has 0 heterocycles. The second-order valence-electron chi connectivity index (χ2n) is 4.80. The molecular weight excluding hydrogens is 316 g/mol. The lowest BCUT2D eigenvalue weighted by molar-refractivity contribution is 0.398. The molecule has 0 aliphatic rings. The number of rotatable bonds is 5. The zero-order valence-electron chi connectivity index (χ0n) is 11.7. The smallest absolute Gasteiger partial charge is 0.123 e. The van der Waals surface area contributed by atoms with Crippen LogP contribution in [0.25, 0.3) is 0 Å². The molecule has 0 amide bonds. The second kappa shape index (κ2) is 6.88. The van der Waals surface area contributed by atoms with Crippen LogP contribution >= 0.6 is 15.9 Å². The highest BCUT2D eigenvalue weighted by atomic mass is 79.9. The summed E-state index contributed by atoms with van der Waals surface area (Å²) in [7, 11) is 1.69. The average Bonchev–Trinajstić information content (AvgIpc) is 2.45. The van der Waals surface area contributed by atoms with Crippen LogP contribution in [0.4, 0.5) is 0 Å². The molecule has 1 atom stereocenters. The first kappa shape index (κ1) is 15.0. The van der Waals surface area contributed by atoms with Gasteiger partial charge in [-0.15, -0.1) is 0 Å². The molecule has 0 radical (unpaired) electrons. The van der Waals surface area contributed by atoms with Crippen molar-refractivity contribution in [2.24, 2.45) is 5.84 Å². The fourth-order valence-electron chi connectivity index (χ4n) is 2.26. The van der Waals surface area contributed by atoms with E-state index in [1.165, 1.54) is 11.1 Å². The van der Waals surface area contributed by atoms with Crippen molar-refractivity contribution in [3.05, 3.63) is 63.6 Å². The molecule has 2 rings (SSSR count). The normalized spacial score (nSPS) is 12.2. The van der Waals surface area contributed by atoms with E-state index in [4.69, 9.17) is 10.6 Å². The number of nitrogens with two attached hydrogens (primary N) is 1. The SMILES string of the molecule is COc1cc(C)ccc1C(Cc1cccc(Br)c1)NN. The molecule has 0 saturated heterocycles. The van der Waals surface area contributed by atoms with Crippen molar-refractivity contribution >= 4 is 15.9 Å². The predicted molar refractivity (Wildman–Crippen MR) is 85.6 cm³/mol. The van der Waals surface area contributed by atoms with Gasteiger partial charge in [0.25, 0.3) is 0 Å². The molecule has 4 heteroatoms. The van der Waals surface area contributed by atoms with E-state index in [9.17, 15) is 0 Å². The van der Waals surface area contributed by atoms with Crippen molar-refractivity contribution in [3.8, 4) is 5.75 Å². The van der Waals surface area contributed by atoms with Gasteiger partial charge in [0.05, 0.1) is 13.2 Å². The van der Waals surface area contributed by atoms with Gasteiger partial charge in [-0.25, -0.2) is 0 Å². The van der Waals surface area contributed by atoms with E-state index in [0.29, 0.717) is 0 Å². The van der Waals surface area contributed by atoms with Crippen LogP contribution in [-0.2, 0) is 6.42 Å². The number of hydrogen-bond acceptors (Lipinski definition) is 3. The summed E-state index contributed by atoms with van der Waals surface area (Å²) in [6.07, 6.45) is 0.801. The first-order chi connectivity index (χ1) is 9.63. The summed E-state index contributed by atoms with van der Waals surface area (Å²) in [4.78, 5) is 0. The Kier molecular flexibility index (Phi) is 5.17. The van der Waals surface area contributed by atoms with Crippen LogP contribution in [0.5, 0.6) is 5.75 Å². The zero-order valence-corrected chi connectivity index (χ0v) is 13.3. The number of ether oxygens (including phenoxy) is 1. The molecule has 3 nitrogen and oxygen atoms in total. The van der Waals surface area contributed by atoms with Gasteiger partial charge in [0, 0.05) is 10.0 Å².